The van der Waals surface area contributed by atoms with E-state index in [1.54, 1.807) is 0 Å². The third-order valence-electron chi connectivity index (χ3n) is 7.07. The second-order valence-corrected chi connectivity index (χ2v) is 9.16. The van der Waals surface area contributed by atoms with Gasteiger partial charge in [-0.25, -0.2) is 9.97 Å². The van der Waals surface area contributed by atoms with Gasteiger partial charge in [-0.3, -0.25) is 9.69 Å². The molecule has 0 amide bonds. The van der Waals surface area contributed by atoms with Gasteiger partial charge >= 0.3 is 0 Å². The molecule has 0 radical (unpaired) electrons. The summed E-state index contributed by atoms with van der Waals surface area (Å²) in [4.78, 5) is 27.5. The molecule has 3 aromatic heterocycles. The van der Waals surface area contributed by atoms with Crippen LogP contribution in [0.25, 0.3) is 21.9 Å². The molecule has 2 aliphatic rings. The summed E-state index contributed by atoms with van der Waals surface area (Å²) >= 11 is 0. The lowest BCUT2D eigenvalue weighted by molar-refractivity contribution is -0.125. The lowest BCUT2D eigenvalue weighted by Gasteiger charge is -2.33. The highest BCUT2D eigenvalue weighted by Crippen LogP contribution is 2.40. The normalized spacial score (nSPS) is 26.2. The number of carbonyl (C=O) groups is 1. The van der Waals surface area contributed by atoms with Crippen LogP contribution in [-0.2, 0) is 4.79 Å². The predicted molar refractivity (Wildman–Crippen MR) is 116 cm³/mol. The number of fused-ring (bicyclic) bond motifs is 3. The highest BCUT2D eigenvalue weighted by molar-refractivity contribution is 6.05. The van der Waals surface area contributed by atoms with Crippen molar-refractivity contribution >= 4 is 27.7 Å². The lowest BCUT2D eigenvalue weighted by Crippen LogP contribution is -2.40. The maximum atomic E-state index is 12.9. The van der Waals surface area contributed by atoms with Gasteiger partial charge in [-0.05, 0) is 74.6 Å². The molecule has 2 fully saturated rings. The van der Waals surface area contributed by atoms with Gasteiger partial charge in [0.05, 0.1) is 18.3 Å². The van der Waals surface area contributed by atoms with Crippen LogP contribution in [0.1, 0.15) is 56.9 Å². The van der Waals surface area contributed by atoms with Crippen molar-refractivity contribution in [3.05, 3.63) is 36.3 Å². The molecule has 0 spiro atoms. The fourth-order valence-electron chi connectivity index (χ4n) is 5.53. The molecule has 1 atom stereocenters. The smallest absolute Gasteiger partial charge is 0.159 e. The minimum absolute atomic E-state index is 0.243. The number of nitrogens with one attached hydrogen (secondary N) is 1. The van der Waals surface area contributed by atoms with Crippen molar-refractivity contribution in [1.82, 2.24) is 19.9 Å². The van der Waals surface area contributed by atoms with E-state index >= 15 is 0 Å². The molecule has 1 saturated carbocycles. The van der Waals surface area contributed by atoms with Crippen molar-refractivity contribution in [3.63, 3.8) is 0 Å². The molecule has 152 valence electrons. The monoisotopic (exact) mass is 390 g/mol. The standard InChI is InChI=1S/C24H30N4O/c1-16-3-2-12-28(14-16)15-22(29)18-6-4-17(5-7-18)19-8-10-25-21-13-27-24-20(23(19)21)9-11-26-24/h8-11,13,16-18,25H,2-7,12,14-15H2,1H3. The van der Waals surface area contributed by atoms with Crippen LogP contribution in [0.2, 0.25) is 0 Å². The predicted octanol–water partition coefficient (Wildman–Crippen LogP) is 4.69. The first-order valence-electron chi connectivity index (χ1n) is 11.1. The number of aromatic nitrogens is 3. The van der Waals surface area contributed by atoms with Gasteiger partial charge in [-0.15, -0.1) is 0 Å². The first-order chi connectivity index (χ1) is 14.2. The van der Waals surface area contributed by atoms with Crippen LogP contribution in [0.5, 0.6) is 0 Å². The Hall–Kier alpha value is -2.27. The Bertz CT molecular complexity index is 1020. The van der Waals surface area contributed by atoms with Gasteiger partial charge < -0.3 is 4.98 Å². The summed E-state index contributed by atoms with van der Waals surface area (Å²) in [5, 5.41) is 2.39. The molecule has 1 unspecified atom stereocenters. The molecule has 29 heavy (non-hydrogen) atoms. The summed E-state index contributed by atoms with van der Waals surface area (Å²) < 4.78 is 0. The zero-order valence-electron chi connectivity index (χ0n) is 17.2. The maximum Gasteiger partial charge on any atom is 0.159 e. The molecule has 4 heterocycles. The molecule has 5 heteroatoms. The second kappa shape index (κ2) is 7.86. The van der Waals surface area contributed by atoms with Gasteiger partial charge in [0.1, 0.15) is 5.78 Å². The summed E-state index contributed by atoms with van der Waals surface area (Å²) in [6, 6.07) is 4.29. The van der Waals surface area contributed by atoms with E-state index < -0.39 is 0 Å². The van der Waals surface area contributed by atoms with Gasteiger partial charge in [0.2, 0.25) is 0 Å². The highest BCUT2D eigenvalue weighted by Gasteiger charge is 2.29. The zero-order chi connectivity index (χ0) is 19.8. The third-order valence-corrected chi connectivity index (χ3v) is 7.07. The van der Waals surface area contributed by atoms with E-state index in [9.17, 15) is 4.79 Å². The molecule has 3 aromatic rings. The van der Waals surface area contributed by atoms with Crippen molar-refractivity contribution in [2.45, 2.75) is 51.4 Å². The first kappa shape index (κ1) is 18.7. The maximum absolute atomic E-state index is 12.9. The Morgan fingerprint density at radius 1 is 1.17 bits per heavy atom. The van der Waals surface area contributed by atoms with Crippen molar-refractivity contribution in [2.24, 2.45) is 11.8 Å². The van der Waals surface area contributed by atoms with Crippen molar-refractivity contribution in [2.75, 3.05) is 19.6 Å². The number of nitrogens with zero attached hydrogens (tertiary/aromatic N) is 3. The number of piperidine rings is 1. The number of H-pyrrole nitrogens is 1. The Kier molecular flexibility index (Phi) is 5.08. The second-order valence-electron chi connectivity index (χ2n) is 9.16. The van der Waals surface area contributed by atoms with E-state index in [1.807, 2.05) is 18.6 Å². The van der Waals surface area contributed by atoms with E-state index in [0.717, 1.165) is 61.2 Å². The van der Waals surface area contributed by atoms with Gasteiger partial charge in [0, 0.05) is 35.6 Å². The lowest BCUT2D eigenvalue weighted by atomic mass is 9.76. The number of rotatable bonds is 4. The molecular formula is C24H30N4O. The zero-order valence-corrected chi connectivity index (χ0v) is 17.2. The molecule has 5 rings (SSSR count). The number of aromatic amines is 1. The quantitative estimate of drug-likeness (QED) is 0.702. The Balaban J connectivity index is 1.30. The number of likely N-dealkylation sites (tertiary alicyclic amines) is 1. The number of carbonyl (C=O) groups excluding carboxylic acids is 1. The van der Waals surface area contributed by atoms with Gasteiger partial charge in [0.15, 0.2) is 5.65 Å². The minimum atomic E-state index is 0.243. The van der Waals surface area contributed by atoms with E-state index in [2.05, 4.69) is 38.9 Å². The van der Waals surface area contributed by atoms with Gasteiger partial charge in [-0.1, -0.05) is 6.92 Å². The van der Waals surface area contributed by atoms with Gasteiger partial charge in [-0.2, -0.15) is 0 Å². The third kappa shape index (κ3) is 3.68. The highest BCUT2D eigenvalue weighted by atomic mass is 16.1. The Morgan fingerprint density at radius 2 is 2.03 bits per heavy atom. The number of hydrogen-bond donors (Lipinski definition) is 1. The van der Waals surface area contributed by atoms with E-state index in [0.29, 0.717) is 18.2 Å². The van der Waals surface area contributed by atoms with Crippen LogP contribution in [0, 0.1) is 11.8 Å². The van der Waals surface area contributed by atoms with Gasteiger partial charge in [0.25, 0.3) is 0 Å². The number of ketones is 1. The first-order valence-corrected chi connectivity index (χ1v) is 11.1. The van der Waals surface area contributed by atoms with Crippen LogP contribution >= 0.6 is 0 Å². The molecule has 1 aliphatic carbocycles. The molecular weight excluding hydrogens is 360 g/mol. The summed E-state index contributed by atoms with van der Waals surface area (Å²) in [6.45, 7) is 5.15. The molecule has 1 saturated heterocycles. The average molecular weight is 391 g/mol. The molecule has 5 nitrogen and oxygen atoms in total. The summed E-state index contributed by atoms with van der Waals surface area (Å²) in [7, 11) is 0. The van der Waals surface area contributed by atoms with Crippen molar-refractivity contribution < 1.29 is 4.79 Å². The summed E-state index contributed by atoms with van der Waals surface area (Å²) in [5.74, 6) is 1.95. The number of pyridine rings is 2. The van der Waals surface area contributed by atoms with E-state index in [1.165, 1.54) is 23.8 Å². The fourth-order valence-corrected chi connectivity index (χ4v) is 5.53. The molecule has 1 aliphatic heterocycles. The molecule has 0 aromatic carbocycles. The van der Waals surface area contributed by atoms with Crippen LogP contribution in [0.4, 0.5) is 0 Å². The molecule has 0 bridgehead atoms. The number of hydrogen-bond acceptors (Lipinski definition) is 4. The van der Waals surface area contributed by atoms with Crippen LogP contribution in [0.3, 0.4) is 0 Å². The SMILES string of the molecule is CC1CCCN(CC(=O)C2CCC(c3cc[nH]c4cnc5nccc5c34)CC2)C1. The molecule has 1 N–H and O–H groups in total. The fraction of sp³-hybridized carbons (Fsp3) is 0.542. The summed E-state index contributed by atoms with van der Waals surface area (Å²) in [6.07, 6.45) is 12.5. The topological polar surface area (TPSA) is 61.9 Å². The van der Waals surface area contributed by atoms with E-state index in [4.69, 9.17) is 0 Å². The average Bonchev–Trinajstić information content (AvgIpc) is 3.22. The van der Waals surface area contributed by atoms with Crippen LogP contribution in [-0.4, -0.2) is 45.3 Å². The van der Waals surface area contributed by atoms with Crippen LogP contribution < -0.4 is 0 Å². The largest absolute Gasteiger partial charge is 0.360 e. The van der Waals surface area contributed by atoms with Crippen molar-refractivity contribution in [1.29, 1.82) is 0 Å². The van der Waals surface area contributed by atoms with Crippen molar-refractivity contribution in [3.8, 4) is 0 Å². The number of Topliss-reactive ketones (excluding diaryl/α,β-unsaturated/α-hetero) is 1. The summed E-state index contributed by atoms with van der Waals surface area (Å²) in [5.41, 5.74) is 3.27. The van der Waals surface area contributed by atoms with Crippen LogP contribution in [0.15, 0.2) is 30.7 Å². The Morgan fingerprint density at radius 3 is 2.86 bits per heavy atom. The van der Waals surface area contributed by atoms with E-state index in [-0.39, 0.29) is 5.92 Å². The minimum Gasteiger partial charge on any atom is -0.360 e. The Labute approximate surface area is 171 Å².